The lowest BCUT2D eigenvalue weighted by atomic mass is 10.2. The molecular formula is C10H12ClFN2. The van der Waals surface area contributed by atoms with Crippen LogP contribution in [-0.4, -0.2) is 5.84 Å². The van der Waals surface area contributed by atoms with Gasteiger partial charge in [0.25, 0.3) is 0 Å². The summed E-state index contributed by atoms with van der Waals surface area (Å²) >= 11 is 5.61. The summed E-state index contributed by atoms with van der Waals surface area (Å²) in [7, 11) is 0. The summed E-state index contributed by atoms with van der Waals surface area (Å²) in [5.41, 5.74) is 6.39. The van der Waals surface area contributed by atoms with Crippen molar-refractivity contribution < 1.29 is 4.39 Å². The number of benzene rings is 1. The first-order valence-corrected chi connectivity index (χ1v) is 4.74. The Morgan fingerprint density at radius 3 is 2.86 bits per heavy atom. The molecule has 0 saturated heterocycles. The fourth-order valence-electron chi connectivity index (χ4n) is 0.943. The van der Waals surface area contributed by atoms with Crippen LogP contribution in [0.25, 0.3) is 0 Å². The van der Waals surface area contributed by atoms with E-state index >= 15 is 0 Å². The molecule has 0 fully saturated rings. The molecule has 0 aliphatic carbocycles. The first-order chi connectivity index (χ1) is 6.63. The molecule has 1 aromatic rings. The van der Waals surface area contributed by atoms with Gasteiger partial charge in [-0.05, 0) is 17.7 Å². The Hall–Kier alpha value is -1.09. The maximum atomic E-state index is 12.8. The van der Waals surface area contributed by atoms with E-state index < -0.39 is 5.82 Å². The number of hydrogen-bond donors (Lipinski definition) is 1. The summed E-state index contributed by atoms with van der Waals surface area (Å²) in [5.74, 6) is 0.174. The van der Waals surface area contributed by atoms with Gasteiger partial charge in [0.05, 0.1) is 17.4 Å². The number of halogens is 2. The van der Waals surface area contributed by atoms with Gasteiger partial charge in [0.15, 0.2) is 0 Å². The van der Waals surface area contributed by atoms with Crippen molar-refractivity contribution in [2.24, 2.45) is 10.7 Å². The molecule has 14 heavy (non-hydrogen) atoms. The number of hydrogen-bond acceptors (Lipinski definition) is 1. The Morgan fingerprint density at radius 2 is 2.29 bits per heavy atom. The van der Waals surface area contributed by atoms with Crippen LogP contribution in [0.5, 0.6) is 0 Å². The standard InChI is InChI=1S/C10H12ClFN2/c1-2-10(13)14-6-7-3-4-9(12)8(11)5-7/h3-5H,2,6H2,1H3,(H2,13,14). The highest BCUT2D eigenvalue weighted by Gasteiger charge is 1.99. The molecule has 0 aliphatic rings. The van der Waals surface area contributed by atoms with Crippen LogP contribution >= 0.6 is 11.6 Å². The molecule has 76 valence electrons. The molecule has 4 heteroatoms. The highest BCUT2D eigenvalue weighted by molar-refractivity contribution is 6.30. The van der Waals surface area contributed by atoms with Gasteiger partial charge in [0.1, 0.15) is 5.82 Å². The van der Waals surface area contributed by atoms with Crippen molar-refractivity contribution in [2.75, 3.05) is 0 Å². The van der Waals surface area contributed by atoms with Gasteiger partial charge in [-0.2, -0.15) is 0 Å². The molecule has 0 spiro atoms. The van der Waals surface area contributed by atoms with Crippen LogP contribution in [0.4, 0.5) is 4.39 Å². The van der Waals surface area contributed by atoms with Crippen molar-refractivity contribution in [1.82, 2.24) is 0 Å². The highest BCUT2D eigenvalue weighted by atomic mass is 35.5. The summed E-state index contributed by atoms with van der Waals surface area (Å²) in [6, 6.07) is 4.53. The average Bonchev–Trinajstić information content (AvgIpc) is 2.19. The van der Waals surface area contributed by atoms with Crippen LogP contribution in [0.2, 0.25) is 5.02 Å². The number of nitrogens with zero attached hydrogens (tertiary/aromatic N) is 1. The van der Waals surface area contributed by atoms with Crippen LogP contribution in [0, 0.1) is 5.82 Å². The van der Waals surface area contributed by atoms with Gasteiger partial charge in [-0.1, -0.05) is 24.6 Å². The largest absolute Gasteiger partial charge is 0.387 e. The van der Waals surface area contributed by atoms with E-state index in [1.165, 1.54) is 6.07 Å². The fourth-order valence-corrected chi connectivity index (χ4v) is 1.15. The minimum absolute atomic E-state index is 0.118. The zero-order valence-corrected chi connectivity index (χ0v) is 8.68. The van der Waals surface area contributed by atoms with Crippen LogP contribution in [-0.2, 0) is 6.54 Å². The second kappa shape index (κ2) is 4.96. The molecule has 0 bridgehead atoms. The van der Waals surface area contributed by atoms with Gasteiger partial charge >= 0.3 is 0 Å². The lowest BCUT2D eigenvalue weighted by molar-refractivity contribution is 0.627. The first-order valence-electron chi connectivity index (χ1n) is 4.36. The maximum Gasteiger partial charge on any atom is 0.141 e. The lowest BCUT2D eigenvalue weighted by Gasteiger charge is -2.00. The molecule has 0 saturated carbocycles. The van der Waals surface area contributed by atoms with Gasteiger partial charge in [-0.25, -0.2) is 4.39 Å². The number of aliphatic imine (C=N–C) groups is 1. The van der Waals surface area contributed by atoms with Crippen molar-refractivity contribution in [3.8, 4) is 0 Å². The van der Waals surface area contributed by atoms with E-state index in [-0.39, 0.29) is 5.02 Å². The van der Waals surface area contributed by atoms with Gasteiger partial charge in [0.2, 0.25) is 0 Å². The van der Waals surface area contributed by atoms with Gasteiger partial charge in [-0.15, -0.1) is 0 Å². The minimum Gasteiger partial charge on any atom is -0.387 e. The molecule has 0 aromatic heterocycles. The van der Waals surface area contributed by atoms with Crippen molar-refractivity contribution in [3.63, 3.8) is 0 Å². The summed E-state index contributed by atoms with van der Waals surface area (Å²) < 4.78 is 12.8. The summed E-state index contributed by atoms with van der Waals surface area (Å²) in [5, 5.41) is 0.118. The number of rotatable bonds is 3. The van der Waals surface area contributed by atoms with Crippen LogP contribution in [0.1, 0.15) is 18.9 Å². The normalized spacial score (nSPS) is 11.8. The SMILES string of the molecule is CCC(N)=NCc1ccc(F)c(Cl)c1. The third kappa shape index (κ3) is 3.00. The van der Waals surface area contributed by atoms with Crippen molar-refractivity contribution in [3.05, 3.63) is 34.6 Å². The van der Waals surface area contributed by atoms with Crippen molar-refractivity contribution >= 4 is 17.4 Å². The van der Waals surface area contributed by atoms with Gasteiger partial charge in [0, 0.05) is 6.42 Å². The van der Waals surface area contributed by atoms with E-state index in [2.05, 4.69) is 4.99 Å². The quantitative estimate of drug-likeness (QED) is 0.610. The molecule has 0 heterocycles. The molecule has 0 unspecified atom stereocenters. The molecule has 0 atom stereocenters. The summed E-state index contributed by atoms with van der Waals surface area (Å²) in [6.45, 7) is 2.37. The smallest absolute Gasteiger partial charge is 0.141 e. The second-order valence-corrected chi connectivity index (χ2v) is 3.32. The van der Waals surface area contributed by atoms with E-state index in [4.69, 9.17) is 17.3 Å². The van der Waals surface area contributed by atoms with Crippen LogP contribution < -0.4 is 5.73 Å². The van der Waals surface area contributed by atoms with E-state index in [9.17, 15) is 4.39 Å². The first kappa shape index (κ1) is 11.0. The van der Waals surface area contributed by atoms with Crippen molar-refractivity contribution in [2.45, 2.75) is 19.9 Å². The zero-order chi connectivity index (χ0) is 10.6. The Labute approximate surface area is 87.6 Å². The number of nitrogens with two attached hydrogens (primary N) is 1. The Balaban J connectivity index is 2.73. The third-order valence-corrected chi connectivity index (χ3v) is 2.10. The topological polar surface area (TPSA) is 38.4 Å². The van der Waals surface area contributed by atoms with E-state index in [1.807, 2.05) is 6.92 Å². The molecular weight excluding hydrogens is 203 g/mol. The van der Waals surface area contributed by atoms with E-state index in [0.29, 0.717) is 12.4 Å². The fraction of sp³-hybridized carbons (Fsp3) is 0.300. The lowest BCUT2D eigenvalue weighted by Crippen LogP contribution is -2.09. The predicted octanol–water partition coefficient (Wildman–Crippen LogP) is 2.75. The van der Waals surface area contributed by atoms with Crippen LogP contribution in [0.3, 0.4) is 0 Å². The predicted molar refractivity (Wildman–Crippen MR) is 57.0 cm³/mol. The Morgan fingerprint density at radius 1 is 1.57 bits per heavy atom. The highest BCUT2D eigenvalue weighted by Crippen LogP contribution is 2.16. The molecule has 1 rings (SSSR count). The maximum absolute atomic E-state index is 12.8. The molecule has 0 radical (unpaired) electrons. The molecule has 2 nitrogen and oxygen atoms in total. The molecule has 2 N–H and O–H groups in total. The monoisotopic (exact) mass is 214 g/mol. The Kier molecular flexibility index (Phi) is 3.89. The van der Waals surface area contributed by atoms with Crippen LogP contribution in [0.15, 0.2) is 23.2 Å². The molecule has 0 aliphatic heterocycles. The van der Waals surface area contributed by atoms with E-state index in [1.54, 1.807) is 12.1 Å². The number of amidine groups is 1. The molecule has 0 amide bonds. The van der Waals surface area contributed by atoms with Crippen molar-refractivity contribution in [1.29, 1.82) is 0 Å². The minimum atomic E-state index is -0.414. The van der Waals surface area contributed by atoms with E-state index in [0.717, 1.165) is 12.0 Å². The summed E-state index contributed by atoms with van der Waals surface area (Å²) in [4.78, 5) is 4.10. The zero-order valence-electron chi connectivity index (χ0n) is 7.93. The Bertz CT molecular complexity index is 350. The summed E-state index contributed by atoms with van der Waals surface area (Å²) in [6.07, 6.45) is 0.717. The molecule has 1 aromatic carbocycles. The second-order valence-electron chi connectivity index (χ2n) is 2.91. The van der Waals surface area contributed by atoms with Gasteiger partial charge in [-0.3, -0.25) is 4.99 Å². The third-order valence-electron chi connectivity index (χ3n) is 1.81. The average molecular weight is 215 g/mol. The van der Waals surface area contributed by atoms with Gasteiger partial charge < -0.3 is 5.73 Å².